The summed E-state index contributed by atoms with van der Waals surface area (Å²) in [5, 5.41) is 4.46. The second-order valence-electron chi connectivity index (χ2n) is 8.65. The molecule has 0 unspecified atom stereocenters. The van der Waals surface area contributed by atoms with Crippen LogP contribution in [-0.4, -0.2) is 22.8 Å². The van der Waals surface area contributed by atoms with Crippen LogP contribution in [0.2, 0.25) is 0 Å². The molecule has 0 aliphatic rings. The third kappa shape index (κ3) is 5.84. The SMILES string of the molecule is COc1ccc(N(Cc2ccc(C(C)C)cc2)C(=O)Cn2nc(-c3ccccc3)ccc2=O)cc1. The van der Waals surface area contributed by atoms with Crippen LogP contribution in [-0.2, 0) is 17.9 Å². The van der Waals surface area contributed by atoms with E-state index in [9.17, 15) is 9.59 Å². The molecule has 0 fully saturated rings. The van der Waals surface area contributed by atoms with E-state index in [1.807, 2.05) is 66.7 Å². The van der Waals surface area contributed by atoms with E-state index >= 15 is 0 Å². The zero-order valence-corrected chi connectivity index (χ0v) is 20.2. The van der Waals surface area contributed by atoms with Gasteiger partial charge in [-0.25, -0.2) is 4.68 Å². The minimum atomic E-state index is -0.325. The fraction of sp³-hybridized carbons (Fsp3) is 0.207. The Kier molecular flexibility index (Phi) is 7.41. The van der Waals surface area contributed by atoms with Gasteiger partial charge < -0.3 is 9.64 Å². The topological polar surface area (TPSA) is 64.4 Å². The lowest BCUT2D eigenvalue weighted by molar-refractivity contribution is -0.119. The average molecular weight is 468 g/mol. The maximum absolute atomic E-state index is 13.5. The van der Waals surface area contributed by atoms with Crippen molar-refractivity contribution in [1.82, 2.24) is 9.78 Å². The normalized spacial score (nSPS) is 10.9. The highest BCUT2D eigenvalue weighted by Gasteiger charge is 2.19. The highest BCUT2D eigenvalue weighted by atomic mass is 16.5. The molecule has 4 rings (SSSR count). The van der Waals surface area contributed by atoms with Gasteiger partial charge in [0.05, 0.1) is 19.3 Å². The van der Waals surface area contributed by atoms with Gasteiger partial charge in [0.25, 0.3) is 5.56 Å². The molecule has 35 heavy (non-hydrogen) atoms. The van der Waals surface area contributed by atoms with E-state index in [1.165, 1.54) is 16.3 Å². The number of methoxy groups -OCH3 is 1. The lowest BCUT2D eigenvalue weighted by Gasteiger charge is -2.24. The zero-order valence-electron chi connectivity index (χ0n) is 20.2. The molecule has 6 heteroatoms. The summed E-state index contributed by atoms with van der Waals surface area (Å²) in [7, 11) is 1.60. The van der Waals surface area contributed by atoms with Gasteiger partial charge in [-0.3, -0.25) is 9.59 Å². The number of nitrogens with zero attached hydrogens (tertiary/aromatic N) is 3. The van der Waals surface area contributed by atoms with Crippen LogP contribution in [0.25, 0.3) is 11.3 Å². The molecule has 0 spiro atoms. The van der Waals surface area contributed by atoms with Crippen LogP contribution in [0.3, 0.4) is 0 Å². The van der Waals surface area contributed by atoms with Gasteiger partial charge >= 0.3 is 0 Å². The summed E-state index contributed by atoms with van der Waals surface area (Å²) in [4.78, 5) is 27.8. The number of hydrogen-bond acceptors (Lipinski definition) is 4. The van der Waals surface area contributed by atoms with E-state index in [2.05, 4.69) is 31.1 Å². The first kappa shape index (κ1) is 24.0. The van der Waals surface area contributed by atoms with Crippen molar-refractivity contribution in [3.8, 4) is 17.0 Å². The van der Waals surface area contributed by atoms with E-state index in [4.69, 9.17) is 4.74 Å². The second-order valence-corrected chi connectivity index (χ2v) is 8.65. The zero-order chi connectivity index (χ0) is 24.8. The van der Waals surface area contributed by atoms with Crippen molar-refractivity contribution in [3.05, 3.63) is 112 Å². The van der Waals surface area contributed by atoms with Crippen LogP contribution in [0, 0.1) is 0 Å². The van der Waals surface area contributed by atoms with E-state index in [1.54, 1.807) is 18.1 Å². The molecule has 0 atom stereocenters. The van der Waals surface area contributed by atoms with Gasteiger partial charge in [0, 0.05) is 17.3 Å². The van der Waals surface area contributed by atoms with Crippen LogP contribution in [0.4, 0.5) is 5.69 Å². The minimum Gasteiger partial charge on any atom is -0.497 e. The van der Waals surface area contributed by atoms with Crippen molar-refractivity contribution in [1.29, 1.82) is 0 Å². The van der Waals surface area contributed by atoms with Gasteiger partial charge in [-0.1, -0.05) is 68.4 Å². The van der Waals surface area contributed by atoms with Crippen LogP contribution < -0.4 is 15.2 Å². The van der Waals surface area contributed by atoms with Crippen LogP contribution in [0.15, 0.2) is 95.8 Å². The van der Waals surface area contributed by atoms with Crippen molar-refractivity contribution in [2.24, 2.45) is 0 Å². The molecule has 0 N–H and O–H groups in total. The smallest absolute Gasteiger partial charge is 0.267 e. The number of carbonyl (C=O) groups excluding carboxylic acids is 1. The van der Waals surface area contributed by atoms with Gasteiger partial charge in [-0.05, 0) is 47.4 Å². The maximum atomic E-state index is 13.5. The number of carbonyl (C=O) groups is 1. The van der Waals surface area contributed by atoms with E-state index in [0.717, 1.165) is 16.8 Å². The summed E-state index contributed by atoms with van der Waals surface area (Å²) in [6.07, 6.45) is 0. The van der Waals surface area contributed by atoms with Crippen LogP contribution >= 0.6 is 0 Å². The Bertz CT molecular complexity index is 1330. The Hall–Kier alpha value is -4.19. The average Bonchev–Trinajstić information content (AvgIpc) is 2.89. The Balaban J connectivity index is 1.63. The van der Waals surface area contributed by atoms with Crippen molar-refractivity contribution in [2.75, 3.05) is 12.0 Å². The lowest BCUT2D eigenvalue weighted by atomic mass is 10.0. The molecule has 0 bridgehead atoms. The first-order chi connectivity index (χ1) is 16.9. The van der Waals surface area contributed by atoms with Gasteiger partial charge in [0.15, 0.2) is 0 Å². The van der Waals surface area contributed by atoms with Gasteiger partial charge in [-0.15, -0.1) is 0 Å². The van der Waals surface area contributed by atoms with Crippen molar-refractivity contribution in [3.63, 3.8) is 0 Å². The molecule has 0 radical (unpaired) electrons. The molecule has 3 aromatic carbocycles. The number of aromatic nitrogens is 2. The summed E-state index contributed by atoms with van der Waals surface area (Å²) >= 11 is 0. The van der Waals surface area contributed by atoms with Crippen molar-refractivity contribution < 1.29 is 9.53 Å². The van der Waals surface area contributed by atoms with Gasteiger partial charge in [-0.2, -0.15) is 5.10 Å². The molecule has 0 aliphatic heterocycles. The summed E-state index contributed by atoms with van der Waals surface area (Å²) < 4.78 is 6.50. The number of ether oxygens (including phenoxy) is 1. The molecular formula is C29H29N3O3. The molecule has 4 aromatic rings. The van der Waals surface area contributed by atoms with Crippen molar-refractivity contribution >= 4 is 11.6 Å². The quantitative estimate of drug-likeness (QED) is 0.354. The van der Waals surface area contributed by atoms with E-state index in [-0.39, 0.29) is 18.0 Å². The lowest BCUT2D eigenvalue weighted by Crippen LogP contribution is -2.37. The number of anilines is 1. The van der Waals surface area contributed by atoms with E-state index in [0.29, 0.717) is 23.9 Å². The first-order valence-corrected chi connectivity index (χ1v) is 11.6. The number of rotatable bonds is 8. The van der Waals surface area contributed by atoms with Gasteiger partial charge in [0.1, 0.15) is 12.3 Å². The first-order valence-electron chi connectivity index (χ1n) is 11.6. The Morgan fingerprint density at radius 3 is 2.23 bits per heavy atom. The number of amides is 1. The molecule has 0 aliphatic carbocycles. The van der Waals surface area contributed by atoms with Crippen LogP contribution in [0.1, 0.15) is 30.9 Å². The summed E-state index contributed by atoms with van der Waals surface area (Å²) in [5.74, 6) is 0.900. The second kappa shape index (κ2) is 10.8. The maximum Gasteiger partial charge on any atom is 0.267 e. The molecule has 178 valence electrons. The summed E-state index contributed by atoms with van der Waals surface area (Å²) in [6.45, 7) is 4.50. The molecule has 0 saturated heterocycles. The minimum absolute atomic E-state index is 0.171. The Morgan fingerprint density at radius 1 is 0.914 bits per heavy atom. The molecule has 1 amide bonds. The molecular weight excluding hydrogens is 438 g/mol. The monoisotopic (exact) mass is 467 g/mol. The summed E-state index contributed by atoms with van der Waals surface area (Å²) in [5.41, 5.74) is 4.15. The van der Waals surface area contributed by atoms with Crippen molar-refractivity contribution in [2.45, 2.75) is 32.9 Å². The molecule has 1 heterocycles. The molecule has 0 saturated carbocycles. The van der Waals surface area contributed by atoms with Crippen LogP contribution in [0.5, 0.6) is 5.75 Å². The highest BCUT2D eigenvalue weighted by Crippen LogP contribution is 2.23. The summed E-state index contributed by atoms with van der Waals surface area (Å²) in [6, 6.07) is 28.3. The van der Waals surface area contributed by atoms with Gasteiger partial charge in [0.2, 0.25) is 5.91 Å². The largest absolute Gasteiger partial charge is 0.497 e. The third-order valence-corrected chi connectivity index (χ3v) is 5.89. The predicted molar refractivity (Wildman–Crippen MR) is 139 cm³/mol. The Morgan fingerprint density at radius 2 is 1.60 bits per heavy atom. The molecule has 1 aromatic heterocycles. The third-order valence-electron chi connectivity index (χ3n) is 5.89. The highest BCUT2D eigenvalue weighted by molar-refractivity contribution is 5.93. The molecule has 6 nitrogen and oxygen atoms in total. The number of benzene rings is 3. The van der Waals surface area contributed by atoms with E-state index < -0.39 is 0 Å². The Labute approximate surface area is 205 Å². The predicted octanol–water partition coefficient (Wildman–Crippen LogP) is 5.28. The fourth-order valence-corrected chi connectivity index (χ4v) is 3.81. The standard InChI is InChI=1S/C29H29N3O3/c1-21(2)23-11-9-22(10-12-23)19-31(25-13-15-26(35-3)16-14-25)29(34)20-32-28(33)18-17-27(30-32)24-7-5-4-6-8-24/h4-18,21H,19-20H2,1-3H3. The number of hydrogen-bond donors (Lipinski definition) is 0. The fourth-order valence-electron chi connectivity index (χ4n) is 3.81.